The van der Waals surface area contributed by atoms with E-state index in [1.807, 2.05) is 0 Å². The second kappa shape index (κ2) is 8.14. The van der Waals surface area contributed by atoms with Crippen molar-refractivity contribution in [2.24, 2.45) is 0 Å². The average molecular weight is 448 g/mol. The van der Waals surface area contributed by atoms with E-state index in [0.29, 0.717) is 22.3 Å². The van der Waals surface area contributed by atoms with Crippen LogP contribution in [0.25, 0.3) is 22.3 Å². The molecular formula is C21H17ClF3N5O. The number of nitrogens with zero attached hydrogens (tertiary/aromatic N) is 5. The Labute approximate surface area is 180 Å². The largest absolute Gasteiger partial charge is 0.472 e. The van der Waals surface area contributed by atoms with E-state index in [9.17, 15) is 13.2 Å². The first-order chi connectivity index (χ1) is 14.7. The molecule has 0 unspecified atom stereocenters. The third-order valence-electron chi connectivity index (χ3n) is 4.60. The summed E-state index contributed by atoms with van der Waals surface area (Å²) in [5.41, 5.74) is 1.04. The molecule has 0 spiro atoms. The number of alkyl halides is 3. The highest BCUT2D eigenvalue weighted by molar-refractivity contribution is 6.28. The van der Waals surface area contributed by atoms with Crippen LogP contribution >= 0.6 is 11.6 Å². The van der Waals surface area contributed by atoms with Gasteiger partial charge in [0.2, 0.25) is 11.2 Å². The van der Waals surface area contributed by atoms with E-state index in [1.54, 1.807) is 56.6 Å². The third-order valence-corrected chi connectivity index (χ3v) is 4.77. The molecule has 1 aromatic carbocycles. The molecule has 6 nitrogen and oxygen atoms in total. The summed E-state index contributed by atoms with van der Waals surface area (Å²) in [4.78, 5) is 16.0. The zero-order valence-corrected chi connectivity index (χ0v) is 17.3. The van der Waals surface area contributed by atoms with Crippen LogP contribution in [-0.4, -0.2) is 24.5 Å². The third kappa shape index (κ3) is 4.46. The van der Waals surface area contributed by atoms with Gasteiger partial charge in [-0.05, 0) is 37.1 Å². The first-order valence-corrected chi connectivity index (χ1v) is 9.75. The van der Waals surface area contributed by atoms with E-state index < -0.39 is 11.9 Å². The summed E-state index contributed by atoms with van der Waals surface area (Å²) in [5.74, 6) is 0.586. The zero-order chi connectivity index (χ0) is 22.2. The van der Waals surface area contributed by atoms with Crippen molar-refractivity contribution in [3.8, 4) is 17.3 Å². The molecule has 0 saturated heterocycles. The fourth-order valence-electron chi connectivity index (χ4n) is 3.07. The molecular weight excluding hydrogens is 431 g/mol. The fraction of sp³-hybridized carbons (Fsp3) is 0.238. The number of aromatic nitrogens is 5. The predicted octanol–water partition coefficient (Wildman–Crippen LogP) is 5.72. The normalized spacial score (nSPS) is 12.0. The summed E-state index contributed by atoms with van der Waals surface area (Å²) in [6, 6.07) is 8.54. The van der Waals surface area contributed by atoms with E-state index in [-0.39, 0.29) is 23.8 Å². The Balaban J connectivity index is 1.57. The molecule has 4 aromatic rings. The number of fused-ring (bicyclic) bond motifs is 1. The quantitative estimate of drug-likeness (QED) is 0.366. The van der Waals surface area contributed by atoms with Gasteiger partial charge < -0.3 is 9.30 Å². The predicted molar refractivity (Wildman–Crippen MR) is 110 cm³/mol. The van der Waals surface area contributed by atoms with Crippen LogP contribution < -0.4 is 4.74 Å². The van der Waals surface area contributed by atoms with E-state index >= 15 is 0 Å². The van der Waals surface area contributed by atoms with Crippen LogP contribution in [0.3, 0.4) is 0 Å². The standard InChI is InChI=1S/C21H17ClF3N5O/c1-12(2)30-10-17(21(23,24)25)28-18(30)14-5-3-13(4-6-14)11-31-19-15-7-8-26-9-16(15)27-20(22)29-19/h3-10,12H,11H2,1-2H3. The van der Waals surface area contributed by atoms with Crippen molar-refractivity contribution in [3.05, 3.63) is 65.5 Å². The lowest BCUT2D eigenvalue weighted by molar-refractivity contribution is -0.140. The highest BCUT2D eigenvalue weighted by atomic mass is 35.5. The van der Waals surface area contributed by atoms with Crippen LogP contribution in [-0.2, 0) is 12.8 Å². The number of pyridine rings is 1. The maximum absolute atomic E-state index is 13.1. The van der Waals surface area contributed by atoms with Crippen molar-refractivity contribution in [1.82, 2.24) is 24.5 Å². The summed E-state index contributed by atoms with van der Waals surface area (Å²) in [7, 11) is 0. The molecule has 0 aliphatic rings. The van der Waals surface area contributed by atoms with E-state index in [2.05, 4.69) is 19.9 Å². The van der Waals surface area contributed by atoms with Crippen LogP contribution in [0.2, 0.25) is 5.28 Å². The second-order valence-electron chi connectivity index (χ2n) is 7.12. The molecule has 31 heavy (non-hydrogen) atoms. The lowest BCUT2D eigenvalue weighted by Crippen LogP contribution is -2.05. The van der Waals surface area contributed by atoms with Gasteiger partial charge in [0.15, 0.2) is 5.69 Å². The molecule has 160 valence electrons. The van der Waals surface area contributed by atoms with Crippen molar-refractivity contribution >= 4 is 22.5 Å². The van der Waals surface area contributed by atoms with Gasteiger partial charge >= 0.3 is 6.18 Å². The minimum Gasteiger partial charge on any atom is -0.472 e. The Bertz CT molecular complexity index is 1220. The lowest BCUT2D eigenvalue weighted by Gasteiger charge is -2.12. The topological polar surface area (TPSA) is 65.7 Å². The van der Waals surface area contributed by atoms with Crippen molar-refractivity contribution < 1.29 is 17.9 Å². The maximum Gasteiger partial charge on any atom is 0.434 e. The van der Waals surface area contributed by atoms with Gasteiger partial charge in [-0.2, -0.15) is 18.2 Å². The molecule has 0 amide bonds. The Morgan fingerprint density at radius 3 is 2.48 bits per heavy atom. The molecule has 0 aliphatic carbocycles. The van der Waals surface area contributed by atoms with Gasteiger partial charge in [-0.3, -0.25) is 4.98 Å². The second-order valence-corrected chi connectivity index (χ2v) is 7.46. The van der Waals surface area contributed by atoms with E-state index in [0.717, 1.165) is 11.8 Å². The van der Waals surface area contributed by atoms with Gasteiger partial charge in [0.1, 0.15) is 12.4 Å². The number of ether oxygens (including phenoxy) is 1. The number of rotatable bonds is 5. The molecule has 0 atom stereocenters. The Hall–Kier alpha value is -3.20. The molecule has 3 heterocycles. The Morgan fingerprint density at radius 1 is 1.06 bits per heavy atom. The van der Waals surface area contributed by atoms with E-state index in [4.69, 9.17) is 16.3 Å². The minimum absolute atomic E-state index is 0.0480. The van der Waals surface area contributed by atoms with Gasteiger partial charge in [0, 0.05) is 24.0 Å². The summed E-state index contributed by atoms with van der Waals surface area (Å²) in [6.07, 6.45) is -0.292. The van der Waals surface area contributed by atoms with Crippen LogP contribution in [0, 0.1) is 0 Å². The summed E-state index contributed by atoms with van der Waals surface area (Å²) in [5, 5.41) is 0.724. The number of benzene rings is 1. The van der Waals surface area contributed by atoms with Gasteiger partial charge in [-0.15, -0.1) is 0 Å². The SMILES string of the molecule is CC(C)n1cc(C(F)(F)F)nc1-c1ccc(COc2nc(Cl)nc3cnccc23)cc1. The van der Waals surface area contributed by atoms with Crippen molar-refractivity contribution in [1.29, 1.82) is 0 Å². The van der Waals surface area contributed by atoms with Crippen molar-refractivity contribution in [2.45, 2.75) is 32.7 Å². The molecule has 0 radical (unpaired) electrons. The first kappa shape index (κ1) is 21.0. The van der Waals surface area contributed by atoms with E-state index in [1.165, 1.54) is 4.57 Å². The van der Waals surface area contributed by atoms with Gasteiger partial charge in [-0.1, -0.05) is 24.3 Å². The number of hydrogen-bond acceptors (Lipinski definition) is 5. The zero-order valence-electron chi connectivity index (χ0n) is 16.6. The number of imidazole rings is 1. The highest BCUT2D eigenvalue weighted by Crippen LogP contribution is 2.32. The highest BCUT2D eigenvalue weighted by Gasteiger charge is 2.35. The van der Waals surface area contributed by atoms with Crippen molar-refractivity contribution in [3.63, 3.8) is 0 Å². The molecule has 4 rings (SSSR count). The molecule has 10 heteroatoms. The number of hydrogen-bond donors (Lipinski definition) is 0. The van der Waals surface area contributed by atoms with Gasteiger partial charge in [-0.25, -0.2) is 9.97 Å². The summed E-state index contributed by atoms with van der Waals surface area (Å²) in [6.45, 7) is 3.80. The van der Waals surface area contributed by atoms with Gasteiger partial charge in [0.25, 0.3) is 0 Å². The Kier molecular flexibility index (Phi) is 5.53. The first-order valence-electron chi connectivity index (χ1n) is 9.38. The molecule has 0 aliphatic heterocycles. The maximum atomic E-state index is 13.1. The average Bonchev–Trinajstić information content (AvgIpc) is 3.19. The lowest BCUT2D eigenvalue weighted by atomic mass is 10.1. The summed E-state index contributed by atoms with van der Waals surface area (Å²) < 4.78 is 46.6. The smallest absolute Gasteiger partial charge is 0.434 e. The van der Waals surface area contributed by atoms with Crippen LogP contribution in [0.4, 0.5) is 13.2 Å². The molecule has 3 aromatic heterocycles. The van der Waals surface area contributed by atoms with Crippen LogP contribution in [0.1, 0.15) is 31.1 Å². The Morgan fingerprint density at radius 2 is 1.81 bits per heavy atom. The van der Waals surface area contributed by atoms with Crippen LogP contribution in [0.5, 0.6) is 5.88 Å². The van der Waals surface area contributed by atoms with Crippen molar-refractivity contribution in [2.75, 3.05) is 0 Å². The fourth-order valence-corrected chi connectivity index (χ4v) is 3.24. The van der Waals surface area contributed by atoms with Crippen LogP contribution in [0.15, 0.2) is 48.9 Å². The summed E-state index contributed by atoms with van der Waals surface area (Å²) >= 11 is 5.95. The molecule has 0 bridgehead atoms. The number of halogens is 4. The molecule has 0 fully saturated rings. The minimum atomic E-state index is -4.50. The monoisotopic (exact) mass is 447 g/mol. The molecule has 0 saturated carbocycles. The van der Waals surface area contributed by atoms with Gasteiger partial charge in [0.05, 0.1) is 17.1 Å². The molecule has 0 N–H and O–H groups in total.